The zero-order chi connectivity index (χ0) is 29.8. The summed E-state index contributed by atoms with van der Waals surface area (Å²) in [5.41, 5.74) is 1.79. The minimum atomic E-state index is -4.43. The van der Waals surface area contributed by atoms with Gasteiger partial charge >= 0.3 is 12.0 Å². The molecule has 0 aromatic heterocycles. The number of amides is 3. The van der Waals surface area contributed by atoms with Crippen LogP contribution in [0.2, 0.25) is 0 Å². The molecule has 1 unspecified atom stereocenters. The number of hydrogen-bond acceptors (Lipinski definition) is 5. The SMILES string of the molecule is CC(C)[C@H](NC(=O)OCc1ccccc1)C(=O)NC(Cc1ccccc1)C(=O)C(F)(F)C(=O)NCc1ccccc1. The summed E-state index contributed by atoms with van der Waals surface area (Å²) in [4.78, 5) is 51.2. The summed E-state index contributed by atoms with van der Waals surface area (Å²) >= 11 is 0. The van der Waals surface area contributed by atoms with Crippen molar-refractivity contribution in [2.24, 2.45) is 5.92 Å². The van der Waals surface area contributed by atoms with E-state index in [-0.39, 0.29) is 19.6 Å². The molecular formula is C31H33F2N3O5. The molecule has 216 valence electrons. The van der Waals surface area contributed by atoms with Gasteiger partial charge in [-0.05, 0) is 22.6 Å². The van der Waals surface area contributed by atoms with Crippen LogP contribution in [0.4, 0.5) is 13.6 Å². The summed E-state index contributed by atoms with van der Waals surface area (Å²) in [6.45, 7) is 3.03. The largest absolute Gasteiger partial charge is 0.445 e. The Balaban J connectivity index is 1.73. The molecule has 0 fully saturated rings. The van der Waals surface area contributed by atoms with Crippen LogP contribution in [0.5, 0.6) is 0 Å². The number of hydrogen-bond donors (Lipinski definition) is 3. The predicted molar refractivity (Wildman–Crippen MR) is 149 cm³/mol. The predicted octanol–water partition coefficient (Wildman–Crippen LogP) is 4.19. The van der Waals surface area contributed by atoms with Crippen LogP contribution in [0.25, 0.3) is 0 Å². The van der Waals surface area contributed by atoms with Gasteiger partial charge in [-0.25, -0.2) is 4.79 Å². The van der Waals surface area contributed by atoms with E-state index in [1.165, 1.54) is 0 Å². The Bertz CT molecular complexity index is 1310. The lowest BCUT2D eigenvalue weighted by molar-refractivity contribution is -0.160. The number of ether oxygens (including phenoxy) is 1. The van der Waals surface area contributed by atoms with Crippen molar-refractivity contribution in [1.82, 2.24) is 16.0 Å². The molecule has 0 spiro atoms. The first-order valence-corrected chi connectivity index (χ1v) is 13.1. The lowest BCUT2D eigenvalue weighted by Crippen LogP contribution is -2.59. The van der Waals surface area contributed by atoms with E-state index in [4.69, 9.17) is 4.74 Å². The maximum Gasteiger partial charge on any atom is 0.408 e. The van der Waals surface area contributed by atoms with Crippen molar-refractivity contribution in [3.05, 3.63) is 108 Å². The number of Topliss-reactive ketones (excluding diaryl/α,β-unsaturated/α-hetero) is 1. The van der Waals surface area contributed by atoms with Gasteiger partial charge in [-0.3, -0.25) is 14.4 Å². The number of rotatable bonds is 13. The molecule has 3 amide bonds. The fourth-order valence-corrected chi connectivity index (χ4v) is 3.97. The first-order valence-electron chi connectivity index (χ1n) is 13.1. The molecule has 2 atom stereocenters. The molecule has 3 aromatic rings. The standard InChI is InChI=1S/C31H33F2N3O5/c1-21(2)26(36-30(40)41-20-24-16-10-5-11-17-24)28(38)35-25(18-22-12-6-3-7-13-22)27(37)31(32,33)29(39)34-19-23-14-8-4-9-15-23/h3-17,21,25-26H,18-20H2,1-2H3,(H,34,39)(H,35,38)(H,36,40)/t25?,26-/m0/s1. The first-order chi connectivity index (χ1) is 19.6. The third-order valence-corrected chi connectivity index (χ3v) is 6.24. The summed E-state index contributed by atoms with van der Waals surface area (Å²) in [5.74, 6) is -9.33. The number of carbonyl (C=O) groups is 4. The molecule has 8 nitrogen and oxygen atoms in total. The lowest BCUT2D eigenvalue weighted by atomic mass is 9.96. The van der Waals surface area contributed by atoms with Gasteiger partial charge < -0.3 is 20.7 Å². The minimum Gasteiger partial charge on any atom is -0.445 e. The highest BCUT2D eigenvalue weighted by molar-refractivity contribution is 6.10. The van der Waals surface area contributed by atoms with Crippen LogP contribution in [0.1, 0.15) is 30.5 Å². The summed E-state index contributed by atoms with van der Waals surface area (Å²) in [7, 11) is 0. The highest BCUT2D eigenvalue weighted by Crippen LogP contribution is 2.20. The molecule has 0 heterocycles. The Morgan fingerprint density at radius 2 is 1.27 bits per heavy atom. The van der Waals surface area contributed by atoms with Crippen LogP contribution in [-0.4, -0.2) is 41.7 Å². The number of halogens is 2. The van der Waals surface area contributed by atoms with Gasteiger partial charge in [0.1, 0.15) is 12.6 Å². The zero-order valence-electron chi connectivity index (χ0n) is 22.8. The topological polar surface area (TPSA) is 114 Å². The highest BCUT2D eigenvalue weighted by Gasteiger charge is 2.50. The fourth-order valence-electron chi connectivity index (χ4n) is 3.97. The second-order valence-electron chi connectivity index (χ2n) is 9.79. The quantitative estimate of drug-likeness (QED) is 0.269. The van der Waals surface area contributed by atoms with E-state index in [2.05, 4.69) is 16.0 Å². The molecule has 10 heteroatoms. The zero-order valence-corrected chi connectivity index (χ0v) is 22.8. The second kappa shape index (κ2) is 14.7. The molecule has 41 heavy (non-hydrogen) atoms. The number of benzene rings is 3. The molecule has 3 rings (SSSR count). The van der Waals surface area contributed by atoms with E-state index in [1.807, 2.05) is 6.07 Å². The normalized spacial score (nSPS) is 12.6. The third-order valence-electron chi connectivity index (χ3n) is 6.24. The highest BCUT2D eigenvalue weighted by atomic mass is 19.3. The van der Waals surface area contributed by atoms with Crippen molar-refractivity contribution in [2.75, 3.05) is 0 Å². The van der Waals surface area contributed by atoms with Crippen molar-refractivity contribution in [3.8, 4) is 0 Å². The van der Waals surface area contributed by atoms with Crippen LogP contribution in [0.15, 0.2) is 91.0 Å². The van der Waals surface area contributed by atoms with Crippen molar-refractivity contribution >= 4 is 23.7 Å². The third kappa shape index (κ3) is 9.23. The number of alkyl carbamates (subject to hydrolysis) is 1. The minimum absolute atomic E-state index is 0.0431. The summed E-state index contributed by atoms with van der Waals surface area (Å²) < 4.78 is 35.5. The van der Waals surface area contributed by atoms with Crippen molar-refractivity contribution in [1.29, 1.82) is 0 Å². The van der Waals surface area contributed by atoms with Crippen LogP contribution in [0.3, 0.4) is 0 Å². The van der Waals surface area contributed by atoms with Gasteiger partial charge in [0.15, 0.2) is 0 Å². The number of nitrogens with one attached hydrogen (secondary N) is 3. The van der Waals surface area contributed by atoms with Gasteiger partial charge in [0.05, 0.1) is 6.04 Å². The Morgan fingerprint density at radius 3 is 1.80 bits per heavy atom. The molecular weight excluding hydrogens is 532 g/mol. The number of ketones is 1. The first kappa shape index (κ1) is 30.9. The molecule has 0 bridgehead atoms. The van der Waals surface area contributed by atoms with Gasteiger partial charge in [-0.1, -0.05) is 105 Å². The lowest BCUT2D eigenvalue weighted by Gasteiger charge is -2.27. The van der Waals surface area contributed by atoms with Crippen LogP contribution < -0.4 is 16.0 Å². The van der Waals surface area contributed by atoms with Crippen molar-refractivity contribution in [3.63, 3.8) is 0 Å². The summed E-state index contributed by atoms with van der Waals surface area (Å²) in [5, 5.41) is 6.88. The van der Waals surface area contributed by atoms with E-state index in [9.17, 15) is 19.2 Å². The average molecular weight is 566 g/mol. The number of carbonyl (C=O) groups excluding carboxylic acids is 4. The van der Waals surface area contributed by atoms with E-state index in [0.29, 0.717) is 11.1 Å². The van der Waals surface area contributed by atoms with Gasteiger partial charge in [0.2, 0.25) is 11.7 Å². The molecule has 3 N–H and O–H groups in total. The summed E-state index contributed by atoms with van der Waals surface area (Å²) in [6, 6.07) is 22.6. The monoisotopic (exact) mass is 565 g/mol. The molecule has 0 radical (unpaired) electrons. The molecule has 0 aliphatic heterocycles. The molecule has 0 saturated carbocycles. The maximum atomic E-state index is 15.1. The average Bonchev–Trinajstić information content (AvgIpc) is 2.98. The van der Waals surface area contributed by atoms with E-state index < -0.39 is 47.6 Å². The van der Waals surface area contributed by atoms with Crippen molar-refractivity contribution in [2.45, 2.75) is 51.4 Å². The molecule has 0 aliphatic carbocycles. The molecule has 0 aliphatic rings. The fraction of sp³-hybridized carbons (Fsp3) is 0.290. The van der Waals surface area contributed by atoms with Gasteiger partial charge in [-0.15, -0.1) is 0 Å². The smallest absolute Gasteiger partial charge is 0.408 e. The van der Waals surface area contributed by atoms with Crippen LogP contribution >= 0.6 is 0 Å². The Morgan fingerprint density at radius 1 is 0.756 bits per heavy atom. The Labute approximate surface area is 237 Å². The summed E-state index contributed by atoms with van der Waals surface area (Å²) in [6.07, 6.45) is -1.18. The number of alkyl halides is 2. The van der Waals surface area contributed by atoms with E-state index in [1.54, 1.807) is 98.8 Å². The van der Waals surface area contributed by atoms with Gasteiger partial charge in [-0.2, -0.15) is 8.78 Å². The Kier molecular flexibility index (Phi) is 11.1. The van der Waals surface area contributed by atoms with E-state index in [0.717, 1.165) is 5.56 Å². The van der Waals surface area contributed by atoms with Crippen molar-refractivity contribution < 1.29 is 32.7 Å². The van der Waals surface area contributed by atoms with E-state index >= 15 is 8.78 Å². The van der Waals surface area contributed by atoms with Crippen LogP contribution in [-0.2, 0) is 38.7 Å². The molecule has 0 saturated heterocycles. The van der Waals surface area contributed by atoms with Gasteiger partial charge in [0.25, 0.3) is 5.91 Å². The second-order valence-corrected chi connectivity index (χ2v) is 9.79. The van der Waals surface area contributed by atoms with Crippen LogP contribution in [0, 0.1) is 5.92 Å². The molecule has 3 aromatic carbocycles. The Hall–Kier alpha value is -4.60. The maximum absolute atomic E-state index is 15.1. The van der Waals surface area contributed by atoms with Gasteiger partial charge in [0, 0.05) is 13.0 Å².